The molecule has 0 saturated heterocycles. The number of carbonyl (C=O) groups is 2. The van der Waals surface area contributed by atoms with E-state index >= 15 is 0 Å². The van der Waals surface area contributed by atoms with E-state index in [1.807, 2.05) is 21.1 Å². The lowest BCUT2D eigenvalue weighted by atomic mass is 10.1. The predicted octanol–water partition coefficient (Wildman–Crippen LogP) is 10.6. The topological polar surface area (TPSA) is 108 Å². The van der Waals surface area contributed by atoms with Crippen LogP contribution in [0.2, 0.25) is 0 Å². The van der Waals surface area contributed by atoms with E-state index in [4.69, 9.17) is 18.5 Å². The molecule has 0 rings (SSSR count). The van der Waals surface area contributed by atoms with E-state index in [9.17, 15) is 19.0 Å². The second-order valence-electron chi connectivity index (χ2n) is 14.7. The van der Waals surface area contributed by atoms with E-state index < -0.39 is 26.5 Å². The maximum Gasteiger partial charge on any atom is 0.472 e. The van der Waals surface area contributed by atoms with Gasteiger partial charge in [0.25, 0.3) is 0 Å². The van der Waals surface area contributed by atoms with Gasteiger partial charge in [-0.1, -0.05) is 135 Å². The Hall–Kier alpha value is -1.25. The molecule has 0 aromatic carbocycles. The summed E-state index contributed by atoms with van der Waals surface area (Å²) >= 11 is 0. The van der Waals surface area contributed by atoms with Crippen LogP contribution in [-0.2, 0) is 32.7 Å². The highest BCUT2D eigenvalue weighted by atomic mass is 31.2. The minimum atomic E-state index is -4.36. The highest BCUT2D eigenvalue weighted by Crippen LogP contribution is 2.43. The van der Waals surface area contributed by atoms with Gasteiger partial charge in [0.05, 0.1) is 27.7 Å². The fraction of sp³-hybridized carbons (Fsp3) is 0.897. The fourth-order valence-electron chi connectivity index (χ4n) is 5.36. The number of hydrogen-bond acceptors (Lipinski definition) is 7. The summed E-state index contributed by atoms with van der Waals surface area (Å²) < 4.78 is 34.1. The molecule has 0 amide bonds. The standard InChI is InChI=1S/C39H76NO8P/c1-6-8-10-12-14-16-18-19-20-21-22-24-26-28-30-32-39(42)48-37(36-47-49(43,44)46-34-33-40(3,4)5)35-45-38(41)31-29-27-25-23-17-15-13-11-9-7-2/h19-20,37H,6-18,21-36H2,1-5H3/p+1/b20-19+/t37-/m1/s1. The number of esters is 2. The van der Waals surface area contributed by atoms with Gasteiger partial charge in [0.15, 0.2) is 6.10 Å². The fourth-order valence-corrected chi connectivity index (χ4v) is 6.10. The molecule has 2 atom stereocenters. The number of phosphoric acid groups is 1. The number of likely N-dealkylation sites (N-methyl/N-ethyl adjacent to an activating group) is 1. The molecule has 0 saturated carbocycles. The van der Waals surface area contributed by atoms with Crippen LogP contribution in [0.25, 0.3) is 0 Å². The van der Waals surface area contributed by atoms with Gasteiger partial charge in [-0.05, 0) is 38.5 Å². The van der Waals surface area contributed by atoms with Gasteiger partial charge in [-0.25, -0.2) is 4.57 Å². The molecule has 49 heavy (non-hydrogen) atoms. The lowest BCUT2D eigenvalue weighted by Crippen LogP contribution is -2.37. The summed E-state index contributed by atoms with van der Waals surface area (Å²) in [5, 5.41) is 0. The molecule has 0 heterocycles. The Morgan fingerprint density at radius 2 is 1.04 bits per heavy atom. The summed E-state index contributed by atoms with van der Waals surface area (Å²) in [6, 6.07) is 0. The smallest absolute Gasteiger partial charge is 0.462 e. The van der Waals surface area contributed by atoms with Crippen molar-refractivity contribution in [1.82, 2.24) is 0 Å². The minimum absolute atomic E-state index is 0.0328. The van der Waals surface area contributed by atoms with Crippen molar-refractivity contribution in [1.29, 1.82) is 0 Å². The molecule has 0 aromatic heterocycles. The molecule has 1 N–H and O–H groups in total. The van der Waals surface area contributed by atoms with Crippen LogP contribution in [-0.4, -0.2) is 74.9 Å². The number of rotatable bonds is 36. The Morgan fingerprint density at radius 1 is 0.612 bits per heavy atom. The zero-order valence-electron chi connectivity index (χ0n) is 32.4. The Labute approximate surface area is 301 Å². The lowest BCUT2D eigenvalue weighted by molar-refractivity contribution is -0.870. The Bertz CT molecular complexity index is 860. The maximum absolute atomic E-state index is 12.6. The van der Waals surface area contributed by atoms with Crippen LogP contribution < -0.4 is 0 Å². The van der Waals surface area contributed by atoms with Gasteiger partial charge in [0.2, 0.25) is 0 Å². The monoisotopic (exact) mass is 719 g/mol. The molecule has 0 bridgehead atoms. The van der Waals surface area contributed by atoms with Crippen molar-refractivity contribution in [2.24, 2.45) is 0 Å². The lowest BCUT2D eigenvalue weighted by Gasteiger charge is -2.24. The number of phosphoric ester groups is 1. The van der Waals surface area contributed by atoms with Gasteiger partial charge in [-0.2, -0.15) is 0 Å². The van der Waals surface area contributed by atoms with Crippen LogP contribution in [0.3, 0.4) is 0 Å². The van der Waals surface area contributed by atoms with Gasteiger partial charge in [-0.15, -0.1) is 0 Å². The third-order valence-electron chi connectivity index (χ3n) is 8.55. The summed E-state index contributed by atoms with van der Waals surface area (Å²) in [7, 11) is 1.48. The van der Waals surface area contributed by atoms with E-state index in [2.05, 4.69) is 26.0 Å². The Kier molecular flexibility index (Phi) is 31.8. The molecule has 1 unspecified atom stereocenters. The highest BCUT2D eigenvalue weighted by molar-refractivity contribution is 7.47. The molecule has 0 aliphatic rings. The van der Waals surface area contributed by atoms with Gasteiger partial charge < -0.3 is 18.9 Å². The number of nitrogens with zero attached hydrogens (tertiary/aromatic N) is 1. The number of carbonyl (C=O) groups excluding carboxylic acids is 2. The number of quaternary nitrogens is 1. The van der Waals surface area contributed by atoms with Crippen molar-refractivity contribution >= 4 is 19.8 Å². The first-order valence-corrected chi connectivity index (χ1v) is 21.4. The van der Waals surface area contributed by atoms with Gasteiger partial charge in [-0.3, -0.25) is 18.6 Å². The summed E-state index contributed by atoms with van der Waals surface area (Å²) in [5.74, 6) is -0.806. The summed E-state index contributed by atoms with van der Waals surface area (Å²) in [6.45, 7) is 4.39. The average molecular weight is 719 g/mol. The first-order valence-electron chi connectivity index (χ1n) is 19.9. The number of unbranched alkanes of at least 4 members (excludes halogenated alkanes) is 20. The second-order valence-corrected chi connectivity index (χ2v) is 16.1. The first-order chi connectivity index (χ1) is 23.5. The zero-order chi connectivity index (χ0) is 36.5. The average Bonchev–Trinajstić information content (AvgIpc) is 3.04. The minimum Gasteiger partial charge on any atom is -0.462 e. The molecule has 0 spiro atoms. The Morgan fingerprint density at radius 3 is 1.51 bits per heavy atom. The van der Waals surface area contributed by atoms with E-state index in [-0.39, 0.29) is 25.6 Å². The van der Waals surface area contributed by atoms with Crippen molar-refractivity contribution < 1.29 is 42.1 Å². The molecule has 0 aromatic rings. The van der Waals surface area contributed by atoms with Crippen molar-refractivity contribution in [2.75, 3.05) is 47.5 Å². The third-order valence-corrected chi connectivity index (χ3v) is 9.53. The first kappa shape index (κ1) is 47.8. The van der Waals surface area contributed by atoms with Crippen LogP contribution in [0, 0.1) is 0 Å². The second kappa shape index (κ2) is 32.6. The van der Waals surface area contributed by atoms with Crippen molar-refractivity contribution in [3.63, 3.8) is 0 Å². The van der Waals surface area contributed by atoms with Crippen molar-refractivity contribution in [3.8, 4) is 0 Å². The van der Waals surface area contributed by atoms with E-state index in [1.165, 1.54) is 89.9 Å². The van der Waals surface area contributed by atoms with Gasteiger partial charge in [0, 0.05) is 12.8 Å². The van der Waals surface area contributed by atoms with E-state index in [0.29, 0.717) is 23.9 Å². The number of ether oxygens (including phenoxy) is 2. The number of hydrogen-bond donors (Lipinski definition) is 1. The molecular weight excluding hydrogens is 641 g/mol. The molecule has 0 aliphatic heterocycles. The summed E-state index contributed by atoms with van der Waals surface area (Å²) in [4.78, 5) is 35.1. The molecule has 10 heteroatoms. The normalized spacial score (nSPS) is 13.8. The van der Waals surface area contributed by atoms with Crippen molar-refractivity contribution in [3.05, 3.63) is 12.2 Å². The maximum atomic E-state index is 12.6. The molecular formula is C39H77NO8P+. The van der Waals surface area contributed by atoms with Gasteiger partial charge in [0.1, 0.15) is 19.8 Å². The molecule has 0 aliphatic carbocycles. The summed E-state index contributed by atoms with van der Waals surface area (Å²) in [6.07, 6.45) is 31.1. The van der Waals surface area contributed by atoms with Crippen LogP contribution in [0.1, 0.15) is 174 Å². The molecule has 0 radical (unpaired) electrons. The van der Waals surface area contributed by atoms with E-state index in [0.717, 1.165) is 51.4 Å². The molecule has 0 fully saturated rings. The van der Waals surface area contributed by atoms with Crippen LogP contribution in [0.5, 0.6) is 0 Å². The van der Waals surface area contributed by atoms with Gasteiger partial charge >= 0.3 is 19.8 Å². The highest BCUT2D eigenvalue weighted by Gasteiger charge is 2.27. The SMILES string of the molecule is CCCCCCCC/C=C/CCCCCCCC(=O)O[C@H](COC(=O)CCCCCCCCCCCC)COP(=O)(O)OCC[N+](C)(C)C. The quantitative estimate of drug-likeness (QED) is 0.0224. The van der Waals surface area contributed by atoms with Crippen LogP contribution >= 0.6 is 7.82 Å². The largest absolute Gasteiger partial charge is 0.472 e. The summed E-state index contributed by atoms with van der Waals surface area (Å²) in [5.41, 5.74) is 0. The number of allylic oxidation sites excluding steroid dienone is 2. The molecule has 9 nitrogen and oxygen atoms in total. The Balaban J connectivity index is 4.41. The third kappa shape index (κ3) is 36.3. The molecule has 290 valence electrons. The zero-order valence-corrected chi connectivity index (χ0v) is 33.3. The predicted molar refractivity (Wildman–Crippen MR) is 201 cm³/mol. The van der Waals surface area contributed by atoms with E-state index in [1.54, 1.807) is 0 Å². The van der Waals surface area contributed by atoms with Crippen LogP contribution in [0.15, 0.2) is 12.2 Å². The van der Waals surface area contributed by atoms with Crippen LogP contribution in [0.4, 0.5) is 0 Å². The van der Waals surface area contributed by atoms with Crippen molar-refractivity contribution in [2.45, 2.75) is 180 Å².